The molecule has 0 heterocycles. The van der Waals surface area contributed by atoms with Crippen molar-refractivity contribution in [3.8, 4) is 0 Å². The number of rotatable bonds is 2. The number of benzene rings is 1. The molecule has 1 aromatic rings. The van der Waals surface area contributed by atoms with Crippen molar-refractivity contribution in [2.75, 3.05) is 6.54 Å². The Morgan fingerprint density at radius 1 is 0.889 bits per heavy atom. The van der Waals surface area contributed by atoms with Gasteiger partial charge in [0, 0.05) is 12.0 Å². The molecule has 1 aromatic carbocycles. The molecule has 0 aromatic heterocycles. The van der Waals surface area contributed by atoms with E-state index >= 15 is 0 Å². The van der Waals surface area contributed by atoms with Gasteiger partial charge in [0.25, 0.3) is 0 Å². The molecule has 0 amide bonds. The van der Waals surface area contributed by atoms with Crippen LogP contribution < -0.4 is 5.73 Å². The highest BCUT2D eigenvalue weighted by atomic mass is 14.7. The van der Waals surface area contributed by atoms with Crippen molar-refractivity contribution < 1.29 is 0 Å². The molecule has 3 rings (SSSR count). The van der Waals surface area contributed by atoms with Crippen LogP contribution in [-0.2, 0) is 5.41 Å². The first-order chi connectivity index (χ1) is 8.79. The van der Waals surface area contributed by atoms with Crippen LogP contribution in [-0.4, -0.2) is 6.54 Å². The first-order valence-electron chi connectivity index (χ1n) is 7.54. The molecule has 2 N–H and O–H groups in total. The van der Waals surface area contributed by atoms with E-state index < -0.39 is 0 Å². The van der Waals surface area contributed by atoms with E-state index in [9.17, 15) is 0 Å². The second-order valence-corrected chi connectivity index (χ2v) is 6.62. The van der Waals surface area contributed by atoms with E-state index in [-0.39, 0.29) is 0 Å². The molecule has 0 bridgehead atoms. The molecule has 0 saturated heterocycles. The van der Waals surface area contributed by atoms with Crippen molar-refractivity contribution in [2.24, 2.45) is 11.1 Å². The van der Waals surface area contributed by atoms with Crippen molar-refractivity contribution in [3.05, 3.63) is 35.9 Å². The highest BCUT2D eigenvalue weighted by Crippen LogP contribution is 2.60. The third kappa shape index (κ3) is 1.99. The first-order valence-corrected chi connectivity index (χ1v) is 7.54. The standard InChI is InChI=1S/C17H25N/c18-14-17(15-8-4-3-5-9-15)12-16(13-17)10-6-1-2-7-11-16/h3-5,8-9H,1-2,6-7,10-14,18H2. The molecule has 18 heavy (non-hydrogen) atoms. The van der Waals surface area contributed by atoms with Crippen LogP contribution in [0.3, 0.4) is 0 Å². The van der Waals surface area contributed by atoms with Gasteiger partial charge in [-0.15, -0.1) is 0 Å². The monoisotopic (exact) mass is 243 g/mol. The molecular weight excluding hydrogens is 218 g/mol. The van der Waals surface area contributed by atoms with Crippen LogP contribution in [0, 0.1) is 5.41 Å². The normalized spacial score (nSPS) is 25.4. The van der Waals surface area contributed by atoms with Crippen molar-refractivity contribution in [1.82, 2.24) is 0 Å². The molecule has 1 nitrogen and oxygen atoms in total. The van der Waals surface area contributed by atoms with Crippen molar-refractivity contribution >= 4 is 0 Å². The quantitative estimate of drug-likeness (QED) is 0.834. The van der Waals surface area contributed by atoms with Gasteiger partial charge >= 0.3 is 0 Å². The van der Waals surface area contributed by atoms with Gasteiger partial charge in [-0.1, -0.05) is 56.0 Å². The Morgan fingerprint density at radius 2 is 1.50 bits per heavy atom. The highest BCUT2D eigenvalue weighted by molar-refractivity contribution is 5.31. The molecular formula is C17H25N. The van der Waals surface area contributed by atoms with E-state index in [1.165, 1.54) is 56.9 Å². The predicted octanol–water partition coefficient (Wildman–Crippen LogP) is 4.02. The van der Waals surface area contributed by atoms with Crippen LogP contribution in [0.25, 0.3) is 0 Å². The SMILES string of the molecule is NCC1(c2ccccc2)CC2(CCCCCC2)C1. The zero-order valence-electron chi connectivity index (χ0n) is 11.3. The molecule has 0 unspecified atom stereocenters. The van der Waals surface area contributed by atoms with Gasteiger partial charge < -0.3 is 5.73 Å². The number of hydrogen-bond acceptors (Lipinski definition) is 1. The summed E-state index contributed by atoms with van der Waals surface area (Å²) in [6, 6.07) is 11.0. The fraction of sp³-hybridized carbons (Fsp3) is 0.647. The minimum atomic E-state index is 0.297. The van der Waals surface area contributed by atoms with E-state index in [0.717, 1.165) is 6.54 Å². The molecule has 2 aliphatic carbocycles. The van der Waals surface area contributed by atoms with Gasteiger partial charge in [0.15, 0.2) is 0 Å². The number of nitrogens with two attached hydrogens (primary N) is 1. The average Bonchev–Trinajstić information content (AvgIpc) is 2.63. The zero-order chi connectivity index (χ0) is 12.5. The molecule has 2 fully saturated rings. The summed E-state index contributed by atoms with van der Waals surface area (Å²) >= 11 is 0. The van der Waals surface area contributed by atoms with Gasteiger partial charge in [0.1, 0.15) is 0 Å². The van der Waals surface area contributed by atoms with E-state index in [0.29, 0.717) is 10.8 Å². The lowest BCUT2D eigenvalue weighted by atomic mass is 9.48. The van der Waals surface area contributed by atoms with E-state index in [4.69, 9.17) is 5.73 Å². The summed E-state index contributed by atoms with van der Waals surface area (Å²) < 4.78 is 0. The third-order valence-corrected chi connectivity index (χ3v) is 5.37. The molecule has 2 aliphatic rings. The minimum Gasteiger partial charge on any atom is -0.330 e. The van der Waals surface area contributed by atoms with E-state index in [1.54, 1.807) is 0 Å². The van der Waals surface area contributed by atoms with Crippen LogP contribution in [0.15, 0.2) is 30.3 Å². The largest absolute Gasteiger partial charge is 0.330 e. The Labute approximate surface area is 111 Å². The van der Waals surface area contributed by atoms with Crippen molar-refractivity contribution in [1.29, 1.82) is 0 Å². The predicted molar refractivity (Wildman–Crippen MR) is 76.5 cm³/mol. The van der Waals surface area contributed by atoms with Crippen LogP contribution >= 0.6 is 0 Å². The summed E-state index contributed by atoms with van der Waals surface area (Å²) in [5.41, 5.74) is 8.55. The van der Waals surface area contributed by atoms with Crippen LogP contribution in [0.5, 0.6) is 0 Å². The van der Waals surface area contributed by atoms with E-state index in [2.05, 4.69) is 30.3 Å². The maximum absolute atomic E-state index is 6.13. The fourth-order valence-corrected chi connectivity index (χ4v) is 4.47. The lowest BCUT2D eigenvalue weighted by molar-refractivity contribution is 0.0113. The molecule has 2 saturated carbocycles. The van der Waals surface area contributed by atoms with E-state index in [1.807, 2.05) is 0 Å². The fourth-order valence-electron chi connectivity index (χ4n) is 4.47. The molecule has 0 atom stereocenters. The lowest BCUT2D eigenvalue weighted by Gasteiger charge is -2.57. The summed E-state index contributed by atoms with van der Waals surface area (Å²) in [5, 5.41) is 0. The summed E-state index contributed by atoms with van der Waals surface area (Å²) in [6.45, 7) is 0.818. The maximum Gasteiger partial charge on any atom is 0.00861 e. The molecule has 0 radical (unpaired) electrons. The van der Waals surface area contributed by atoms with Crippen molar-refractivity contribution in [3.63, 3.8) is 0 Å². The van der Waals surface area contributed by atoms with Gasteiger partial charge in [-0.2, -0.15) is 0 Å². The van der Waals surface area contributed by atoms with Crippen LogP contribution in [0.2, 0.25) is 0 Å². The summed E-state index contributed by atoms with van der Waals surface area (Å²) in [7, 11) is 0. The van der Waals surface area contributed by atoms with Gasteiger partial charge in [0.2, 0.25) is 0 Å². The highest BCUT2D eigenvalue weighted by Gasteiger charge is 2.53. The Morgan fingerprint density at radius 3 is 2.06 bits per heavy atom. The second kappa shape index (κ2) is 4.70. The minimum absolute atomic E-state index is 0.297. The van der Waals surface area contributed by atoms with Crippen LogP contribution in [0.1, 0.15) is 56.9 Å². The topological polar surface area (TPSA) is 26.0 Å². The first kappa shape index (κ1) is 12.2. The maximum atomic E-state index is 6.13. The molecule has 98 valence electrons. The molecule has 0 aliphatic heterocycles. The molecule has 1 heteroatoms. The number of hydrogen-bond donors (Lipinski definition) is 1. The Hall–Kier alpha value is -0.820. The third-order valence-electron chi connectivity index (χ3n) is 5.37. The summed E-state index contributed by atoms with van der Waals surface area (Å²) in [5.74, 6) is 0. The zero-order valence-corrected chi connectivity index (χ0v) is 11.3. The second-order valence-electron chi connectivity index (χ2n) is 6.62. The molecule has 1 spiro atoms. The van der Waals surface area contributed by atoms with Crippen LogP contribution in [0.4, 0.5) is 0 Å². The average molecular weight is 243 g/mol. The van der Waals surface area contributed by atoms with Gasteiger partial charge in [-0.05, 0) is 36.7 Å². The smallest absolute Gasteiger partial charge is 0.00861 e. The Bertz CT molecular complexity index is 379. The van der Waals surface area contributed by atoms with Gasteiger partial charge in [0.05, 0.1) is 0 Å². The Balaban J connectivity index is 1.78. The Kier molecular flexibility index (Phi) is 3.19. The van der Waals surface area contributed by atoms with Gasteiger partial charge in [-0.3, -0.25) is 0 Å². The summed E-state index contributed by atoms with van der Waals surface area (Å²) in [6.07, 6.45) is 11.3. The van der Waals surface area contributed by atoms with Crippen molar-refractivity contribution in [2.45, 2.75) is 56.8 Å². The lowest BCUT2D eigenvalue weighted by Crippen LogP contribution is -2.53. The van der Waals surface area contributed by atoms with Gasteiger partial charge in [-0.25, -0.2) is 0 Å². The summed E-state index contributed by atoms with van der Waals surface area (Å²) in [4.78, 5) is 0.